The molecule has 0 amide bonds. The van der Waals surface area contributed by atoms with E-state index in [1.54, 1.807) is 6.07 Å². The van der Waals surface area contributed by atoms with E-state index < -0.39 is 10.0 Å². The maximum Gasteiger partial charge on any atom is 0.272 e. The summed E-state index contributed by atoms with van der Waals surface area (Å²) in [5.41, 5.74) is -0.233. The second kappa shape index (κ2) is 4.81. The van der Waals surface area contributed by atoms with Gasteiger partial charge < -0.3 is 4.52 Å². The van der Waals surface area contributed by atoms with Crippen LogP contribution in [0, 0.1) is 0 Å². The van der Waals surface area contributed by atoms with Crippen LogP contribution >= 0.6 is 22.9 Å². The molecular weight excluding hydrogens is 308 g/mol. The maximum absolute atomic E-state index is 12.0. The average molecular weight is 321 g/mol. The van der Waals surface area contributed by atoms with Crippen molar-refractivity contribution in [2.24, 2.45) is 0 Å². The van der Waals surface area contributed by atoms with E-state index in [9.17, 15) is 8.42 Å². The van der Waals surface area contributed by atoms with Crippen molar-refractivity contribution >= 4 is 38.8 Å². The molecule has 104 valence electrons. The van der Waals surface area contributed by atoms with Crippen molar-refractivity contribution in [1.29, 1.82) is 0 Å². The first-order valence-electron chi connectivity index (χ1n) is 5.44. The fourth-order valence-corrected chi connectivity index (χ4v) is 3.77. The van der Waals surface area contributed by atoms with Crippen molar-refractivity contribution in [1.82, 2.24) is 5.16 Å². The van der Waals surface area contributed by atoms with Crippen LogP contribution in [0.4, 0.5) is 5.82 Å². The molecule has 0 aliphatic heterocycles. The van der Waals surface area contributed by atoms with Crippen LogP contribution in [0.3, 0.4) is 0 Å². The number of nitrogens with zero attached hydrogens (tertiary/aromatic N) is 1. The molecule has 2 heterocycles. The lowest BCUT2D eigenvalue weighted by atomic mass is 9.93. The number of anilines is 1. The molecule has 2 aromatic rings. The first-order chi connectivity index (χ1) is 8.68. The van der Waals surface area contributed by atoms with Crippen molar-refractivity contribution in [2.75, 3.05) is 4.72 Å². The van der Waals surface area contributed by atoms with E-state index in [4.69, 9.17) is 16.1 Å². The van der Waals surface area contributed by atoms with Gasteiger partial charge in [-0.15, -0.1) is 11.3 Å². The van der Waals surface area contributed by atoms with Crippen molar-refractivity contribution in [3.05, 3.63) is 28.3 Å². The summed E-state index contributed by atoms with van der Waals surface area (Å²) >= 11 is 6.71. The minimum absolute atomic E-state index is 0.137. The van der Waals surface area contributed by atoms with Gasteiger partial charge in [0.1, 0.15) is 9.97 Å². The van der Waals surface area contributed by atoms with E-state index in [1.165, 1.54) is 12.1 Å². The third-order valence-electron chi connectivity index (χ3n) is 2.30. The standard InChI is InChI=1S/C11H13ClN2O3S2/c1-11(2,3)7-6-9(13-17-7)14-19(15,16)10-5-4-8(12)18-10/h4-6H,1-3H3,(H,13,14). The molecular formula is C11H13ClN2O3S2. The molecule has 1 N–H and O–H groups in total. The van der Waals surface area contributed by atoms with Gasteiger partial charge in [-0.2, -0.15) is 0 Å². The summed E-state index contributed by atoms with van der Waals surface area (Å²) in [6, 6.07) is 4.55. The largest absolute Gasteiger partial charge is 0.359 e. The van der Waals surface area contributed by atoms with Gasteiger partial charge in [0, 0.05) is 11.5 Å². The van der Waals surface area contributed by atoms with E-state index in [2.05, 4.69) is 9.88 Å². The highest BCUT2D eigenvalue weighted by molar-refractivity contribution is 7.94. The Labute approximate surface area is 120 Å². The van der Waals surface area contributed by atoms with Crippen LogP contribution in [0.1, 0.15) is 26.5 Å². The molecule has 5 nitrogen and oxygen atoms in total. The molecule has 0 saturated heterocycles. The zero-order valence-corrected chi connectivity index (χ0v) is 13.0. The molecule has 0 aliphatic rings. The molecule has 0 radical (unpaired) electrons. The monoisotopic (exact) mass is 320 g/mol. The van der Waals surface area contributed by atoms with Crippen LogP contribution in [-0.2, 0) is 15.4 Å². The van der Waals surface area contributed by atoms with Gasteiger partial charge >= 0.3 is 0 Å². The van der Waals surface area contributed by atoms with Crippen molar-refractivity contribution in [2.45, 2.75) is 30.4 Å². The molecule has 0 unspecified atom stereocenters. The Hall–Kier alpha value is -1.05. The number of hydrogen-bond donors (Lipinski definition) is 1. The van der Waals surface area contributed by atoms with Crippen LogP contribution in [-0.4, -0.2) is 13.6 Å². The molecule has 0 aliphatic carbocycles. The summed E-state index contributed by atoms with van der Waals surface area (Å²) in [5, 5.41) is 3.71. The quantitative estimate of drug-likeness (QED) is 0.939. The Bertz CT molecular complexity index is 683. The lowest BCUT2D eigenvalue weighted by molar-refractivity contribution is 0.331. The fraction of sp³-hybridized carbons (Fsp3) is 0.364. The molecule has 0 aromatic carbocycles. The van der Waals surface area contributed by atoms with E-state index in [0.29, 0.717) is 10.1 Å². The number of aromatic nitrogens is 1. The number of hydrogen-bond acceptors (Lipinski definition) is 5. The van der Waals surface area contributed by atoms with Gasteiger partial charge in [0.2, 0.25) is 0 Å². The molecule has 2 rings (SSSR count). The van der Waals surface area contributed by atoms with Crippen LogP contribution in [0.25, 0.3) is 0 Å². The van der Waals surface area contributed by atoms with E-state index in [1.807, 2.05) is 20.8 Å². The average Bonchev–Trinajstić information content (AvgIpc) is 2.85. The minimum atomic E-state index is -3.66. The van der Waals surface area contributed by atoms with Crippen molar-refractivity contribution in [3.63, 3.8) is 0 Å². The molecule has 8 heteroatoms. The Morgan fingerprint density at radius 1 is 1.37 bits per heavy atom. The number of nitrogens with one attached hydrogen (secondary N) is 1. The summed E-state index contributed by atoms with van der Waals surface area (Å²) in [7, 11) is -3.66. The Morgan fingerprint density at radius 3 is 2.53 bits per heavy atom. The van der Waals surface area contributed by atoms with Gasteiger partial charge in [-0.05, 0) is 12.1 Å². The Balaban J connectivity index is 2.24. The predicted molar refractivity (Wildman–Crippen MR) is 75.3 cm³/mol. The van der Waals surface area contributed by atoms with Gasteiger partial charge in [0.25, 0.3) is 10.0 Å². The Morgan fingerprint density at radius 2 is 2.05 bits per heavy atom. The molecule has 2 aromatic heterocycles. The highest BCUT2D eigenvalue weighted by Crippen LogP contribution is 2.28. The first-order valence-corrected chi connectivity index (χ1v) is 8.11. The van der Waals surface area contributed by atoms with Gasteiger partial charge in [-0.25, -0.2) is 8.42 Å². The van der Waals surface area contributed by atoms with Gasteiger partial charge in [0.15, 0.2) is 5.82 Å². The third kappa shape index (κ3) is 3.29. The second-order valence-corrected chi connectivity index (χ2v) is 8.61. The number of halogens is 1. The molecule has 19 heavy (non-hydrogen) atoms. The molecule has 0 atom stereocenters. The highest BCUT2D eigenvalue weighted by atomic mass is 35.5. The second-order valence-electron chi connectivity index (χ2n) is 4.99. The third-order valence-corrected chi connectivity index (χ3v) is 5.38. The van der Waals surface area contributed by atoms with Gasteiger partial charge in [-0.3, -0.25) is 4.72 Å². The van der Waals surface area contributed by atoms with Crippen LogP contribution in [0.2, 0.25) is 4.34 Å². The zero-order valence-electron chi connectivity index (χ0n) is 10.6. The topological polar surface area (TPSA) is 72.2 Å². The van der Waals surface area contributed by atoms with Gasteiger partial charge in [-0.1, -0.05) is 37.5 Å². The zero-order chi connectivity index (χ0) is 14.3. The van der Waals surface area contributed by atoms with Crippen LogP contribution in [0.5, 0.6) is 0 Å². The summed E-state index contributed by atoms with van der Waals surface area (Å²) in [6.45, 7) is 5.85. The molecule has 0 spiro atoms. The van der Waals surface area contributed by atoms with E-state index in [-0.39, 0.29) is 15.4 Å². The molecule has 0 bridgehead atoms. The molecule has 0 fully saturated rings. The fourth-order valence-electron chi connectivity index (χ4n) is 1.31. The first kappa shape index (κ1) is 14.4. The van der Waals surface area contributed by atoms with Crippen molar-refractivity contribution in [3.8, 4) is 0 Å². The SMILES string of the molecule is CC(C)(C)c1cc(NS(=O)(=O)c2ccc(Cl)s2)no1. The lowest BCUT2D eigenvalue weighted by Crippen LogP contribution is -2.12. The minimum Gasteiger partial charge on any atom is -0.359 e. The van der Waals surface area contributed by atoms with Crippen molar-refractivity contribution < 1.29 is 12.9 Å². The predicted octanol–water partition coefficient (Wildman–Crippen LogP) is 3.49. The summed E-state index contributed by atoms with van der Waals surface area (Å²) in [6.07, 6.45) is 0. The number of rotatable bonds is 3. The smallest absolute Gasteiger partial charge is 0.272 e. The number of thiophene rings is 1. The van der Waals surface area contributed by atoms with Gasteiger partial charge in [0.05, 0.1) is 4.34 Å². The Kier molecular flexibility index (Phi) is 3.63. The normalized spacial score (nSPS) is 12.6. The highest BCUT2D eigenvalue weighted by Gasteiger charge is 2.23. The number of sulfonamides is 1. The molecule has 0 saturated carbocycles. The summed E-state index contributed by atoms with van der Waals surface area (Å²) < 4.78 is 32.1. The van der Waals surface area contributed by atoms with E-state index in [0.717, 1.165) is 11.3 Å². The maximum atomic E-state index is 12.0. The van der Waals surface area contributed by atoms with Crippen LogP contribution < -0.4 is 4.72 Å². The summed E-state index contributed by atoms with van der Waals surface area (Å²) in [4.78, 5) is 0. The summed E-state index contributed by atoms with van der Waals surface area (Å²) in [5.74, 6) is 0.767. The lowest BCUT2D eigenvalue weighted by Gasteiger charge is -2.12. The van der Waals surface area contributed by atoms with E-state index >= 15 is 0 Å². The van der Waals surface area contributed by atoms with Crippen LogP contribution in [0.15, 0.2) is 26.9 Å².